The molecule has 0 radical (unpaired) electrons. The minimum Gasteiger partial charge on any atom is -0.346 e. The first-order valence-electron chi connectivity index (χ1n) is 6.16. The van der Waals surface area contributed by atoms with E-state index >= 15 is 0 Å². The van der Waals surface area contributed by atoms with Crippen LogP contribution in [0.4, 0.5) is 0 Å². The molecule has 5 heteroatoms. The van der Waals surface area contributed by atoms with Crippen LogP contribution in [0.5, 0.6) is 0 Å². The van der Waals surface area contributed by atoms with Crippen molar-refractivity contribution in [2.45, 2.75) is 13.5 Å². The van der Waals surface area contributed by atoms with Crippen LogP contribution in [-0.4, -0.2) is 17.4 Å². The molecule has 0 unspecified atom stereocenters. The van der Waals surface area contributed by atoms with Gasteiger partial charge in [0.15, 0.2) is 0 Å². The Morgan fingerprint density at radius 3 is 3.05 bits per heavy atom. The van der Waals surface area contributed by atoms with E-state index in [1.165, 1.54) is 11.3 Å². The summed E-state index contributed by atoms with van der Waals surface area (Å²) in [5, 5.41) is 4.77. The fourth-order valence-electron chi connectivity index (χ4n) is 1.75. The summed E-state index contributed by atoms with van der Waals surface area (Å²) < 4.78 is 0. The largest absolute Gasteiger partial charge is 0.346 e. The lowest BCUT2D eigenvalue weighted by molar-refractivity contribution is 0.0950. The van der Waals surface area contributed by atoms with Gasteiger partial charge in [0, 0.05) is 16.5 Å². The van der Waals surface area contributed by atoms with Crippen molar-refractivity contribution >= 4 is 17.2 Å². The molecule has 0 aliphatic carbocycles. The Kier molecular flexibility index (Phi) is 4.88. The minimum absolute atomic E-state index is 0.119. The Bertz CT molecular complexity index is 653. The molecule has 1 amide bonds. The Morgan fingerprint density at radius 1 is 1.50 bits per heavy atom. The second kappa shape index (κ2) is 6.85. The Morgan fingerprint density at radius 2 is 2.35 bits per heavy atom. The highest BCUT2D eigenvalue weighted by atomic mass is 32.1. The Balaban J connectivity index is 2.13. The van der Waals surface area contributed by atoms with Crippen LogP contribution in [0.2, 0.25) is 0 Å². The lowest BCUT2D eigenvalue weighted by Gasteiger charge is -2.08. The number of amides is 1. The van der Waals surface area contributed by atoms with Crippen LogP contribution in [0.3, 0.4) is 0 Å². The van der Waals surface area contributed by atoms with Crippen molar-refractivity contribution in [1.29, 1.82) is 0 Å². The number of thiazole rings is 1. The van der Waals surface area contributed by atoms with Crippen LogP contribution in [0.1, 0.15) is 27.2 Å². The Labute approximate surface area is 122 Å². The summed E-state index contributed by atoms with van der Waals surface area (Å²) in [6, 6.07) is 5.50. The molecule has 2 aromatic rings. The van der Waals surface area contributed by atoms with Crippen LogP contribution in [-0.2, 0) is 6.54 Å². The van der Waals surface area contributed by atoms with Crippen molar-refractivity contribution in [2.24, 2.45) is 5.73 Å². The third-order valence-corrected chi connectivity index (χ3v) is 3.45. The molecule has 1 heterocycles. The number of carbonyl (C=O) groups excluding carboxylic acids is 1. The average Bonchev–Trinajstić information content (AvgIpc) is 2.97. The first-order valence-corrected chi connectivity index (χ1v) is 7.10. The zero-order chi connectivity index (χ0) is 14.4. The smallest absolute Gasteiger partial charge is 0.251 e. The van der Waals surface area contributed by atoms with Gasteiger partial charge in [0.1, 0.15) is 0 Å². The van der Waals surface area contributed by atoms with Crippen molar-refractivity contribution in [1.82, 2.24) is 10.3 Å². The summed E-state index contributed by atoms with van der Waals surface area (Å²) in [6.07, 6.45) is 0. The highest BCUT2D eigenvalue weighted by molar-refractivity contribution is 7.07. The van der Waals surface area contributed by atoms with Gasteiger partial charge in [0.2, 0.25) is 0 Å². The lowest BCUT2D eigenvalue weighted by atomic mass is 10.0. The highest BCUT2D eigenvalue weighted by Crippen LogP contribution is 2.13. The molecule has 0 saturated heterocycles. The second-order valence-corrected chi connectivity index (χ2v) is 4.87. The molecule has 0 saturated carbocycles. The number of nitrogens with zero attached hydrogens (tertiary/aromatic N) is 1. The van der Waals surface area contributed by atoms with Gasteiger partial charge >= 0.3 is 0 Å². The first kappa shape index (κ1) is 14.3. The van der Waals surface area contributed by atoms with Crippen LogP contribution in [0.25, 0.3) is 0 Å². The summed E-state index contributed by atoms with van der Waals surface area (Å²) in [5.74, 6) is 5.66. The molecule has 0 aliphatic rings. The molecule has 0 aliphatic heterocycles. The van der Waals surface area contributed by atoms with Gasteiger partial charge in [-0.05, 0) is 24.6 Å². The maximum Gasteiger partial charge on any atom is 0.251 e. The average molecular weight is 285 g/mol. The number of aromatic nitrogens is 1. The predicted octanol–water partition coefficient (Wildman–Crippen LogP) is 1.69. The molecule has 1 aromatic carbocycles. The first-order chi connectivity index (χ1) is 9.72. The molecule has 20 heavy (non-hydrogen) atoms. The summed E-state index contributed by atoms with van der Waals surface area (Å²) >= 11 is 1.51. The standard InChI is InChI=1S/C15H15N3OS/c1-11-12(5-3-7-16)4-2-6-14(11)15(19)17-8-13-9-20-10-18-13/h2,4,6,9-10H,7-8,16H2,1H3,(H,17,19). The third-order valence-electron chi connectivity index (χ3n) is 2.82. The number of hydrogen-bond donors (Lipinski definition) is 2. The molecule has 0 atom stereocenters. The van der Waals surface area contributed by atoms with Crippen LogP contribution in [0.15, 0.2) is 29.1 Å². The van der Waals surface area contributed by atoms with Crippen molar-refractivity contribution in [3.05, 3.63) is 51.5 Å². The molecule has 1 aromatic heterocycles. The maximum absolute atomic E-state index is 12.2. The molecular formula is C15H15N3OS. The molecule has 3 N–H and O–H groups in total. The maximum atomic E-state index is 12.2. The van der Waals surface area contributed by atoms with E-state index in [0.29, 0.717) is 18.7 Å². The zero-order valence-electron chi connectivity index (χ0n) is 11.1. The number of carbonyl (C=O) groups is 1. The van der Waals surface area contributed by atoms with E-state index < -0.39 is 0 Å². The van der Waals surface area contributed by atoms with E-state index in [2.05, 4.69) is 22.1 Å². The number of hydrogen-bond acceptors (Lipinski definition) is 4. The highest BCUT2D eigenvalue weighted by Gasteiger charge is 2.10. The van der Waals surface area contributed by atoms with E-state index in [0.717, 1.165) is 16.8 Å². The van der Waals surface area contributed by atoms with Gasteiger partial charge in [-0.2, -0.15) is 0 Å². The third kappa shape index (κ3) is 3.44. The fourth-order valence-corrected chi connectivity index (χ4v) is 2.31. The van der Waals surface area contributed by atoms with E-state index in [4.69, 9.17) is 5.73 Å². The fraction of sp³-hybridized carbons (Fsp3) is 0.200. The molecule has 0 fully saturated rings. The molecule has 102 valence electrons. The summed E-state index contributed by atoms with van der Waals surface area (Å²) in [5.41, 5.74) is 10.3. The van der Waals surface area contributed by atoms with Crippen molar-refractivity contribution < 1.29 is 4.79 Å². The van der Waals surface area contributed by atoms with E-state index in [-0.39, 0.29) is 5.91 Å². The minimum atomic E-state index is -0.119. The van der Waals surface area contributed by atoms with E-state index in [1.807, 2.05) is 24.4 Å². The topological polar surface area (TPSA) is 68.0 Å². The number of benzene rings is 1. The molecule has 0 spiro atoms. The summed E-state index contributed by atoms with van der Waals surface area (Å²) in [6.45, 7) is 2.62. The van der Waals surface area contributed by atoms with E-state index in [1.54, 1.807) is 11.6 Å². The summed E-state index contributed by atoms with van der Waals surface area (Å²) in [4.78, 5) is 16.3. The van der Waals surface area contributed by atoms with E-state index in [9.17, 15) is 4.79 Å². The van der Waals surface area contributed by atoms with Gasteiger partial charge in [-0.3, -0.25) is 4.79 Å². The Hall–Kier alpha value is -2.16. The number of nitrogens with one attached hydrogen (secondary N) is 1. The van der Waals surface area contributed by atoms with Crippen molar-refractivity contribution in [3.8, 4) is 11.8 Å². The quantitative estimate of drug-likeness (QED) is 0.843. The van der Waals surface area contributed by atoms with Crippen LogP contribution < -0.4 is 11.1 Å². The lowest BCUT2D eigenvalue weighted by Crippen LogP contribution is -2.24. The SMILES string of the molecule is Cc1c(C#CCN)cccc1C(=O)NCc1cscn1. The van der Waals surface area contributed by atoms with Gasteiger partial charge in [-0.25, -0.2) is 4.98 Å². The van der Waals surface area contributed by atoms with Gasteiger partial charge < -0.3 is 11.1 Å². The number of nitrogens with two attached hydrogens (primary N) is 1. The van der Waals surface area contributed by atoms with Crippen molar-refractivity contribution in [3.63, 3.8) is 0 Å². The zero-order valence-corrected chi connectivity index (χ0v) is 12.0. The van der Waals surface area contributed by atoms with Crippen LogP contribution in [0, 0.1) is 18.8 Å². The molecule has 2 rings (SSSR count). The van der Waals surface area contributed by atoms with Gasteiger partial charge in [0.05, 0.1) is 24.3 Å². The number of rotatable bonds is 3. The van der Waals surface area contributed by atoms with Gasteiger partial charge in [-0.15, -0.1) is 11.3 Å². The van der Waals surface area contributed by atoms with Gasteiger partial charge in [0.25, 0.3) is 5.91 Å². The monoisotopic (exact) mass is 285 g/mol. The molecule has 0 bridgehead atoms. The summed E-state index contributed by atoms with van der Waals surface area (Å²) in [7, 11) is 0. The van der Waals surface area contributed by atoms with Gasteiger partial charge in [-0.1, -0.05) is 17.9 Å². The predicted molar refractivity (Wildman–Crippen MR) is 80.4 cm³/mol. The van der Waals surface area contributed by atoms with Crippen molar-refractivity contribution in [2.75, 3.05) is 6.54 Å². The normalized spacial score (nSPS) is 9.70. The molecule has 4 nitrogen and oxygen atoms in total. The second-order valence-electron chi connectivity index (χ2n) is 4.15. The van der Waals surface area contributed by atoms with Crippen LogP contribution >= 0.6 is 11.3 Å². The molecular weight excluding hydrogens is 270 g/mol.